The average Bonchev–Trinajstić information content (AvgIpc) is 2.52. The predicted molar refractivity (Wildman–Crippen MR) is 84.9 cm³/mol. The minimum absolute atomic E-state index is 0.460. The van der Waals surface area contributed by atoms with E-state index < -0.39 is 0 Å². The second-order valence-corrected chi connectivity index (χ2v) is 6.12. The van der Waals surface area contributed by atoms with Crippen molar-refractivity contribution in [1.82, 2.24) is 5.32 Å². The van der Waals surface area contributed by atoms with Gasteiger partial charge in [0.2, 0.25) is 0 Å². The molecule has 1 aliphatic heterocycles. The maximum atomic E-state index is 5.53. The van der Waals surface area contributed by atoms with Gasteiger partial charge in [-0.05, 0) is 54.5 Å². The fourth-order valence-corrected chi connectivity index (χ4v) is 3.92. The monoisotopic (exact) mass is 279 g/mol. The maximum Gasteiger partial charge on any atom is 0.122 e. The summed E-state index contributed by atoms with van der Waals surface area (Å²) in [6.07, 6.45) is 3.49. The van der Waals surface area contributed by atoms with Crippen LogP contribution in [0.25, 0.3) is 0 Å². The molecule has 2 unspecified atom stereocenters. The zero-order chi connectivity index (χ0) is 14.2. The first-order valence-electron chi connectivity index (χ1n) is 7.84. The second-order valence-electron chi connectivity index (χ2n) is 6.12. The van der Waals surface area contributed by atoms with Crippen molar-refractivity contribution >= 4 is 0 Å². The molecule has 21 heavy (non-hydrogen) atoms. The molecule has 2 heteroatoms. The highest BCUT2D eigenvalue weighted by Crippen LogP contribution is 2.42. The number of methoxy groups -OCH3 is 1. The van der Waals surface area contributed by atoms with E-state index in [9.17, 15) is 0 Å². The molecule has 2 aromatic carbocycles. The number of hydrogen-bond acceptors (Lipinski definition) is 2. The summed E-state index contributed by atoms with van der Waals surface area (Å²) in [5.74, 6) is 1.75. The van der Waals surface area contributed by atoms with Crippen molar-refractivity contribution in [3.05, 3.63) is 64.7 Å². The van der Waals surface area contributed by atoms with Crippen LogP contribution in [0.2, 0.25) is 0 Å². The van der Waals surface area contributed by atoms with Gasteiger partial charge in [0.1, 0.15) is 5.75 Å². The van der Waals surface area contributed by atoms with Crippen molar-refractivity contribution in [1.29, 1.82) is 0 Å². The van der Waals surface area contributed by atoms with Crippen molar-refractivity contribution in [2.45, 2.75) is 31.2 Å². The van der Waals surface area contributed by atoms with Crippen LogP contribution in [-0.4, -0.2) is 13.7 Å². The molecule has 0 radical (unpaired) electrons. The van der Waals surface area contributed by atoms with Crippen molar-refractivity contribution in [2.24, 2.45) is 0 Å². The Kier molecular flexibility index (Phi) is 3.19. The number of ether oxygens (including phenoxy) is 1. The zero-order valence-electron chi connectivity index (χ0n) is 12.4. The molecule has 0 saturated carbocycles. The van der Waals surface area contributed by atoms with Crippen molar-refractivity contribution < 1.29 is 4.74 Å². The molecule has 4 rings (SSSR count). The van der Waals surface area contributed by atoms with Gasteiger partial charge in [0.25, 0.3) is 0 Å². The molecule has 2 aliphatic rings. The number of hydrogen-bond donors (Lipinski definition) is 1. The van der Waals surface area contributed by atoms with E-state index in [2.05, 4.69) is 47.8 Å². The summed E-state index contributed by atoms with van der Waals surface area (Å²) >= 11 is 0. The molecular weight excluding hydrogens is 258 g/mol. The third-order valence-corrected chi connectivity index (χ3v) is 5.01. The Morgan fingerprint density at radius 1 is 1.10 bits per heavy atom. The quantitative estimate of drug-likeness (QED) is 0.926. The topological polar surface area (TPSA) is 21.3 Å². The number of rotatable bonds is 3. The summed E-state index contributed by atoms with van der Waals surface area (Å²) in [6, 6.07) is 15.8. The molecule has 108 valence electrons. The second kappa shape index (κ2) is 5.19. The third-order valence-electron chi connectivity index (χ3n) is 5.01. The maximum absolute atomic E-state index is 5.53. The highest BCUT2D eigenvalue weighted by atomic mass is 16.5. The molecule has 1 aliphatic carbocycles. The van der Waals surface area contributed by atoms with E-state index in [1.807, 2.05) is 0 Å². The summed E-state index contributed by atoms with van der Waals surface area (Å²) in [7, 11) is 1.77. The van der Waals surface area contributed by atoms with Gasteiger partial charge in [-0.15, -0.1) is 0 Å². The summed E-state index contributed by atoms with van der Waals surface area (Å²) < 4.78 is 5.53. The van der Waals surface area contributed by atoms with Crippen molar-refractivity contribution in [3.8, 4) is 5.75 Å². The summed E-state index contributed by atoms with van der Waals surface area (Å²) in [5, 5.41) is 3.70. The molecule has 1 N–H and O–H groups in total. The van der Waals surface area contributed by atoms with E-state index in [0.717, 1.165) is 18.7 Å². The average molecular weight is 279 g/mol. The van der Waals surface area contributed by atoms with Crippen LogP contribution in [0, 0.1) is 0 Å². The van der Waals surface area contributed by atoms with Gasteiger partial charge in [-0.25, -0.2) is 0 Å². The summed E-state index contributed by atoms with van der Waals surface area (Å²) in [6.45, 7) is 1.05. The lowest BCUT2D eigenvalue weighted by Gasteiger charge is -2.36. The minimum atomic E-state index is 0.460. The lowest BCUT2D eigenvalue weighted by Crippen LogP contribution is -2.33. The smallest absolute Gasteiger partial charge is 0.122 e. The largest absolute Gasteiger partial charge is 0.496 e. The zero-order valence-corrected chi connectivity index (χ0v) is 12.4. The lowest BCUT2D eigenvalue weighted by atomic mass is 9.73. The van der Waals surface area contributed by atoms with Crippen molar-refractivity contribution in [2.75, 3.05) is 13.7 Å². The highest BCUT2D eigenvalue weighted by Gasteiger charge is 2.31. The van der Waals surface area contributed by atoms with Gasteiger partial charge in [0, 0.05) is 11.6 Å². The molecule has 1 heterocycles. The van der Waals surface area contributed by atoms with Crippen LogP contribution in [0.4, 0.5) is 0 Å². The van der Waals surface area contributed by atoms with Gasteiger partial charge in [0.15, 0.2) is 0 Å². The van der Waals surface area contributed by atoms with Crippen LogP contribution >= 0.6 is 0 Å². The molecule has 0 aromatic heterocycles. The van der Waals surface area contributed by atoms with E-state index in [4.69, 9.17) is 4.74 Å². The Hall–Kier alpha value is -1.80. The van der Waals surface area contributed by atoms with Gasteiger partial charge in [-0.1, -0.05) is 36.4 Å². The van der Waals surface area contributed by atoms with Gasteiger partial charge in [0.05, 0.1) is 7.11 Å². The summed E-state index contributed by atoms with van der Waals surface area (Å²) in [4.78, 5) is 0. The standard InChI is InChI=1S/C19H21NO/c1-21-19-8-4-7-16-17(19)9-10-20-18(16)12-14-11-13-5-2-3-6-15(13)14/h2-8,14,18,20H,9-12H2,1H3. The van der Waals surface area contributed by atoms with Crippen molar-refractivity contribution in [3.63, 3.8) is 0 Å². The normalized spacial score (nSPS) is 22.9. The molecule has 2 aromatic rings. The van der Waals surface area contributed by atoms with Crippen LogP contribution in [0.3, 0.4) is 0 Å². The first-order chi connectivity index (χ1) is 10.4. The SMILES string of the molecule is COc1cccc2c1CCNC2CC1Cc2ccccc21. The molecule has 0 amide bonds. The Morgan fingerprint density at radius 3 is 2.81 bits per heavy atom. The van der Waals surface area contributed by atoms with Gasteiger partial charge in [-0.2, -0.15) is 0 Å². The van der Waals surface area contributed by atoms with E-state index in [-0.39, 0.29) is 0 Å². The van der Waals surface area contributed by atoms with Crippen LogP contribution < -0.4 is 10.1 Å². The molecule has 2 atom stereocenters. The van der Waals surface area contributed by atoms with Crippen LogP contribution in [-0.2, 0) is 12.8 Å². The molecule has 0 saturated heterocycles. The molecule has 2 nitrogen and oxygen atoms in total. The number of fused-ring (bicyclic) bond motifs is 2. The van der Waals surface area contributed by atoms with Gasteiger partial charge >= 0.3 is 0 Å². The van der Waals surface area contributed by atoms with Gasteiger partial charge in [-0.3, -0.25) is 0 Å². The summed E-state index contributed by atoms with van der Waals surface area (Å²) in [5.41, 5.74) is 5.92. The Morgan fingerprint density at radius 2 is 1.95 bits per heavy atom. The Bertz CT molecular complexity index is 664. The first kappa shape index (κ1) is 12.9. The predicted octanol–water partition coefficient (Wildman–Crippen LogP) is 3.61. The van der Waals surface area contributed by atoms with Crippen LogP contribution in [0.15, 0.2) is 42.5 Å². The van der Waals surface area contributed by atoms with E-state index in [1.165, 1.54) is 29.5 Å². The van der Waals surface area contributed by atoms with E-state index in [0.29, 0.717) is 12.0 Å². The molecule has 0 fully saturated rings. The van der Waals surface area contributed by atoms with E-state index in [1.54, 1.807) is 12.7 Å². The Balaban J connectivity index is 1.59. The number of benzene rings is 2. The molecular formula is C19H21NO. The first-order valence-corrected chi connectivity index (χ1v) is 7.84. The Labute approximate surface area is 126 Å². The fourth-order valence-electron chi connectivity index (χ4n) is 3.92. The van der Waals surface area contributed by atoms with Crippen LogP contribution in [0.1, 0.15) is 40.6 Å². The molecule has 0 bridgehead atoms. The molecule has 0 spiro atoms. The highest BCUT2D eigenvalue weighted by molar-refractivity contribution is 5.45. The number of nitrogens with one attached hydrogen (secondary N) is 1. The van der Waals surface area contributed by atoms with Crippen LogP contribution in [0.5, 0.6) is 5.75 Å². The van der Waals surface area contributed by atoms with E-state index >= 15 is 0 Å². The third kappa shape index (κ3) is 2.14. The van der Waals surface area contributed by atoms with Gasteiger partial charge < -0.3 is 10.1 Å². The minimum Gasteiger partial charge on any atom is -0.496 e. The fraction of sp³-hybridized carbons (Fsp3) is 0.368. The lowest BCUT2D eigenvalue weighted by molar-refractivity contribution is 0.385.